The summed E-state index contributed by atoms with van der Waals surface area (Å²) in [6, 6.07) is 17.0. The molecule has 0 spiro atoms. The number of halogens is 1. The van der Waals surface area contributed by atoms with Gasteiger partial charge in [0.1, 0.15) is 0 Å². The molecule has 3 aromatic rings. The van der Waals surface area contributed by atoms with Crippen LogP contribution >= 0.6 is 11.6 Å². The summed E-state index contributed by atoms with van der Waals surface area (Å²) in [5.74, 6) is -1.23. The number of aromatic nitrogens is 1. The number of fused-ring (bicyclic) bond motifs is 1. The zero-order chi connectivity index (χ0) is 19.4. The minimum atomic E-state index is -1.98. The number of carboxylic acid groups (broad SMARTS) is 1. The molecule has 1 aliphatic heterocycles. The van der Waals surface area contributed by atoms with Crippen LogP contribution < -0.4 is 0 Å². The Bertz CT molecular complexity index is 1020. The lowest BCUT2D eigenvalue weighted by molar-refractivity contribution is -0.172. The van der Waals surface area contributed by atoms with E-state index in [1.165, 1.54) is 0 Å². The van der Waals surface area contributed by atoms with E-state index in [2.05, 4.69) is 0 Å². The van der Waals surface area contributed by atoms with Gasteiger partial charge in [-0.05, 0) is 23.3 Å². The van der Waals surface area contributed by atoms with E-state index in [9.17, 15) is 15.0 Å². The minimum Gasteiger partial charge on any atom is -0.479 e. The minimum absolute atomic E-state index is 0.415. The summed E-state index contributed by atoms with van der Waals surface area (Å²) in [6.07, 6.45) is 1.93. The van der Waals surface area contributed by atoms with Crippen LogP contribution in [0.2, 0.25) is 5.02 Å². The van der Waals surface area contributed by atoms with Gasteiger partial charge >= 0.3 is 5.97 Å². The first-order chi connectivity index (χ1) is 12.8. The Kier molecular flexibility index (Phi) is 3.95. The fourth-order valence-corrected chi connectivity index (χ4v) is 4.19. The summed E-state index contributed by atoms with van der Waals surface area (Å²) in [5, 5.41) is 21.9. The third-order valence-electron chi connectivity index (χ3n) is 5.49. The smallest absolute Gasteiger partial charge is 0.342 e. The van der Waals surface area contributed by atoms with Gasteiger partial charge < -0.3 is 14.8 Å². The molecule has 2 heterocycles. The van der Waals surface area contributed by atoms with Gasteiger partial charge in [0, 0.05) is 34.3 Å². The van der Waals surface area contributed by atoms with Crippen molar-refractivity contribution in [2.45, 2.75) is 26.0 Å². The highest BCUT2D eigenvalue weighted by Crippen LogP contribution is 2.53. The Hall–Kier alpha value is -2.56. The zero-order valence-corrected chi connectivity index (χ0v) is 15.9. The summed E-state index contributed by atoms with van der Waals surface area (Å²) in [6.45, 7) is 3.98. The van der Waals surface area contributed by atoms with Crippen LogP contribution in [0.1, 0.15) is 19.5 Å². The van der Waals surface area contributed by atoms with Gasteiger partial charge in [-0.25, -0.2) is 4.79 Å². The van der Waals surface area contributed by atoms with Crippen molar-refractivity contribution in [1.29, 1.82) is 0 Å². The van der Waals surface area contributed by atoms with Crippen molar-refractivity contribution in [2.75, 3.05) is 0 Å². The van der Waals surface area contributed by atoms with Gasteiger partial charge in [0.05, 0.1) is 5.69 Å². The lowest BCUT2D eigenvalue weighted by Crippen LogP contribution is -2.46. The molecule has 2 aromatic carbocycles. The van der Waals surface area contributed by atoms with Crippen LogP contribution in [-0.2, 0) is 16.9 Å². The van der Waals surface area contributed by atoms with Crippen molar-refractivity contribution >= 4 is 17.6 Å². The molecule has 0 saturated heterocycles. The van der Waals surface area contributed by atoms with Crippen molar-refractivity contribution in [3.05, 3.63) is 71.5 Å². The fourth-order valence-electron chi connectivity index (χ4n) is 4.07. The van der Waals surface area contributed by atoms with Crippen molar-refractivity contribution in [3.63, 3.8) is 0 Å². The molecule has 138 valence electrons. The van der Waals surface area contributed by atoms with Crippen molar-refractivity contribution < 1.29 is 15.0 Å². The van der Waals surface area contributed by atoms with Crippen molar-refractivity contribution in [1.82, 2.24) is 4.57 Å². The van der Waals surface area contributed by atoms with E-state index in [0.717, 1.165) is 22.3 Å². The number of carboxylic acids is 1. The van der Waals surface area contributed by atoms with Gasteiger partial charge in [0.25, 0.3) is 0 Å². The summed E-state index contributed by atoms with van der Waals surface area (Å²) in [7, 11) is 0. The molecule has 1 aliphatic rings. The molecular weight excluding hydrogens is 362 g/mol. The first kappa shape index (κ1) is 17.8. The molecule has 1 unspecified atom stereocenters. The van der Waals surface area contributed by atoms with E-state index >= 15 is 0 Å². The summed E-state index contributed by atoms with van der Waals surface area (Å²) >= 11 is 6.03. The van der Waals surface area contributed by atoms with Gasteiger partial charge in [0.15, 0.2) is 0 Å². The van der Waals surface area contributed by atoms with Crippen LogP contribution in [0.4, 0.5) is 0 Å². The number of rotatable bonds is 3. The number of hydrogen-bond donors (Lipinski definition) is 2. The molecule has 0 bridgehead atoms. The number of hydrogen-bond acceptors (Lipinski definition) is 2. The van der Waals surface area contributed by atoms with Crippen molar-refractivity contribution in [3.8, 4) is 22.3 Å². The molecule has 4 nitrogen and oxygen atoms in total. The van der Waals surface area contributed by atoms with Gasteiger partial charge in [-0.2, -0.15) is 0 Å². The molecule has 0 radical (unpaired) electrons. The molecule has 1 aromatic heterocycles. The Balaban J connectivity index is 2.05. The van der Waals surface area contributed by atoms with E-state index in [4.69, 9.17) is 11.6 Å². The molecule has 1 atom stereocenters. The summed E-state index contributed by atoms with van der Waals surface area (Å²) in [5.41, 5.74) is 1.02. The van der Waals surface area contributed by atoms with Crippen LogP contribution in [0, 0.1) is 5.41 Å². The highest BCUT2D eigenvalue weighted by atomic mass is 35.5. The highest BCUT2D eigenvalue weighted by Gasteiger charge is 2.59. The normalized spacial score (nSPS) is 20.4. The third-order valence-corrected chi connectivity index (χ3v) is 5.75. The Morgan fingerprint density at radius 2 is 1.67 bits per heavy atom. The second kappa shape index (κ2) is 5.98. The number of benzene rings is 2. The number of nitrogens with zero attached hydrogens (tertiary/aromatic N) is 1. The van der Waals surface area contributed by atoms with E-state index < -0.39 is 17.0 Å². The number of carbonyl (C=O) groups is 1. The maximum Gasteiger partial charge on any atom is 0.342 e. The molecular formula is C22H20ClNO3. The van der Waals surface area contributed by atoms with Crippen molar-refractivity contribution in [2.24, 2.45) is 5.41 Å². The van der Waals surface area contributed by atoms with Crippen LogP contribution in [-0.4, -0.2) is 20.7 Å². The second-order valence-electron chi connectivity index (χ2n) is 7.67. The van der Waals surface area contributed by atoms with Gasteiger partial charge in [-0.15, -0.1) is 0 Å². The topological polar surface area (TPSA) is 62.5 Å². The average molecular weight is 382 g/mol. The Morgan fingerprint density at radius 3 is 2.26 bits per heavy atom. The summed E-state index contributed by atoms with van der Waals surface area (Å²) < 4.78 is 1.88. The molecule has 4 rings (SSSR count). The lowest BCUT2D eigenvalue weighted by Gasteiger charge is -2.32. The molecule has 2 N–H and O–H groups in total. The first-order valence-electron chi connectivity index (χ1n) is 8.76. The Labute approximate surface area is 162 Å². The summed E-state index contributed by atoms with van der Waals surface area (Å²) in [4.78, 5) is 12.2. The average Bonchev–Trinajstić information content (AvgIpc) is 3.09. The van der Waals surface area contributed by atoms with E-state index in [-0.39, 0.29) is 0 Å². The van der Waals surface area contributed by atoms with Gasteiger partial charge in [-0.1, -0.05) is 67.9 Å². The number of aliphatic carboxylic acids is 1. The maximum absolute atomic E-state index is 12.2. The van der Waals surface area contributed by atoms with E-state index in [0.29, 0.717) is 17.3 Å². The third kappa shape index (κ3) is 2.52. The predicted octanol–water partition coefficient (Wildman–Crippen LogP) is 4.79. The maximum atomic E-state index is 12.2. The molecule has 0 aliphatic carbocycles. The zero-order valence-electron chi connectivity index (χ0n) is 15.1. The molecule has 0 saturated carbocycles. The van der Waals surface area contributed by atoms with Gasteiger partial charge in [-0.3, -0.25) is 0 Å². The Morgan fingerprint density at radius 1 is 1.04 bits per heavy atom. The fraction of sp³-hybridized carbons (Fsp3) is 0.227. The second-order valence-corrected chi connectivity index (χ2v) is 8.10. The van der Waals surface area contributed by atoms with Crippen LogP contribution in [0.15, 0.2) is 60.8 Å². The molecule has 27 heavy (non-hydrogen) atoms. The quantitative estimate of drug-likeness (QED) is 0.685. The van der Waals surface area contributed by atoms with Crippen LogP contribution in [0.5, 0.6) is 0 Å². The number of aliphatic hydroxyl groups is 1. The van der Waals surface area contributed by atoms with E-state index in [1.807, 2.05) is 65.4 Å². The molecule has 0 fully saturated rings. The van der Waals surface area contributed by atoms with E-state index in [1.54, 1.807) is 13.8 Å². The van der Waals surface area contributed by atoms with Crippen LogP contribution in [0.3, 0.4) is 0 Å². The first-order valence-corrected chi connectivity index (χ1v) is 9.14. The predicted molar refractivity (Wildman–Crippen MR) is 106 cm³/mol. The lowest BCUT2D eigenvalue weighted by atomic mass is 9.73. The monoisotopic (exact) mass is 381 g/mol. The standard InChI is InChI=1S/C22H20ClNO3/c1-21(2)13-24-12-17(14-8-10-16(23)11-9-14)18(15-6-4-3-5-7-15)19(24)22(21,27)20(25)26/h3-12,27H,13H2,1-2H3,(H,25,26). The molecule has 5 heteroatoms. The molecule has 0 amide bonds. The SMILES string of the molecule is CC1(C)Cn2cc(-c3ccc(Cl)cc3)c(-c3ccccc3)c2C1(O)C(=O)O. The highest BCUT2D eigenvalue weighted by molar-refractivity contribution is 6.30. The van der Waals surface area contributed by atoms with Crippen LogP contribution in [0.25, 0.3) is 22.3 Å². The van der Waals surface area contributed by atoms with Gasteiger partial charge in [0.2, 0.25) is 5.60 Å². The largest absolute Gasteiger partial charge is 0.479 e.